The molecule has 4 aromatic rings. The number of likely N-dealkylation sites (tertiary alicyclic amines) is 2. The van der Waals surface area contributed by atoms with Crippen molar-refractivity contribution in [3.63, 3.8) is 0 Å². The Kier molecular flexibility index (Phi) is 13.9. The first kappa shape index (κ1) is 39.7. The predicted molar refractivity (Wildman–Crippen MR) is 213 cm³/mol. The maximum atomic E-state index is 13.4. The van der Waals surface area contributed by atoms with Gasteiger partial charge in [-0.25, -0.2) is 9.59 Å². The van der Waals surface area contributed by atoms with Crippen LogP contribution in [0.5, 0.6) is 0 Å². The molecule has 0 radical (unpaired) electrons. The van der Waals surface area contributed by atoms with Crippen LogP contribution in [0.3, 0.4) is 0 Å². The summed E-state index contributed by atoms with van der Waals surface area (Å²) < 4.78 is 22.6. The number of hydrogen-bond donors (Lipinski definition) is 2. The zero-order valence-corrected chi connectivity index (χ0v) is 31.7. The van der Waals surface area contributed by atoms with Gasteiger partial charge in [0.15, 0.2) is 0 Å². The lowest BCUT2D eigenvalue weighted by Gasteiger charge is -2.23. The molecule has 0 bridgehead atoms. The first-order valence-electron chi connectivity index (χ1n) is 19.0. The third-order valence-corrected chi connectivity index (χ3v) is 9.64. The highest BCUT2D eigenvalue weighted by Gasteiger charge is 2.42. The molecular weight excluding hydrogens is 713 g/mol. The lowest BCUT2D eigenvalue weighted by Crippen LogP contribution is -2.43. The standard InChI is InChI=1S/C44H48N4O8/c1-3-53-37-25-39(47(27-37)43(51)55-29-33-11-7-5-8-12-33)41(49)45-35-21-17-31(18-22-35)15-16-32-19-23-36(24-20-32)46-42(50)40-26-38(54-4-2)28-48(40)44(52)56-30-34-13-9-6-10-14-34/h5-24,37-40H,3-4,25-30H2,1-2H3,(H,45,49)(H,46,50)/b16-15+/t37-,38+,39-,40-/m0/s1. The van der Waals surface area contributed by atoms with E-state index in [-0.39, 0.29) is 50.3 Å². The summed E-state index contributed by atoms with van der Waals surface area (Å²) in [6, 6.07) is 32.1. The molecule has 2 aliphatic heterocycles. The molecule has 56 heavy (non-hydrogen) atoms. The molecule has 2 N–H and O–H groups in total. The van der Waals surface area contributed by atoms with Gasteiger partial charge in [-0.05, 0) is 60.4 Å². The van der Waals surface area contributed by atoms with Crippen molar-refractivity contribution in [3.8, 4) is 0 Å². The van der Waals surface area contributed by atoms with E-state index < -0.39 is 24.3 Å². The highest BCUT2D eigenvalue weighted by molar-refractivity contribution is 5.98. The first-order chi connectivity index (χ1) is 27.3. The van der Waals surface area contributed by atoms with E-state index in [0.717, 1.165) is 22.3 Å². The van der Waals surface area contributed by atoms with Crippen LogP contribution in [0.2, 0.25) is 0 Å². The molecule has 4 amide bonds. The molecule has 0 aromatic heterocycles. The Morgan fingerprint density at radius 3 is 1.30 bits per heavy atom. The number of amides is 4. The Morgan fingerprint density at radius 2 is 0.946 bits per heavy atom. The highest BCUT2D eigenvalue weighted by Crippen LogP contribution is 2.26. The maximum Gasteiger partial charge on any atom is 0.410 e. The Morgan fingerprint density at radius 1 is 0.571 bits per heavy atom. The van der Waals surface area contributed by atoms with E-state index in [1.54, 1.807) is 0 Å². The number of carbonyl (C=O) groups is 4. The molecule has 2 saturated heterocycles. The second kappa shape index (κ2) is 19.6. The Hall–Kier alpha value is -5.98. The summed E-state index contributed by atoms with van der Waals surface area (Å²) in [7, 11) is 0. The van der Waals surface area contributed by atoms with Gasteiger partial charge in [-0.2, -0.15) is 0 Å². The van der Waals surface area contributed by atoms with Gasteiger partial charge >= 0.3 is 12.2 Å². The number of carbonyl (C=O) groups excluding carboxylic acids is 4. The number of nitrogens with zero attached hydrogens (tertiary/aromatic N) is 2. The minimum atomic E-state index is -0.729. The topological polar surface area (TPSA) is 136 Å². The number of nitrogens with one attached hydrogen (secondary N) is 2. The van der Waals surface area contributed by atoms with E-state index in [2.05, 4.69) is 10.6 Å². The average Bonchev–Trinajstić information content (AvgIpc) is 3.86. The fourth-order valence-electron chi connectivity index (χ4n) is 6.81. The highest BCUT2D eigenvalue weighted by atomic mass is 16.6. The smallest absolute Gasteiger partial charge is 0.410 e. The summed E-state index contributed by atoms with van der Waals surface area (Å²) >= 11 is 0. The van der Waals surface area contributed by atoms with Gasteiger partial charge in [-0.1, -0.05) is 97.1 Å². The molecule has 0 unspecified atom stereocenters. The number of hydrogen-bond acceptors (Lipinski definition) is 8. The van der Waals surface area contributed by atoms with Crippen LogP contribution in [-0.4, -0.2) is 84.4 Å². The fourth-order valence-corrected chi connectivity index (χ4v) is 6.81. The van der Waals surface area contributed by atoms with Crippen molar-refractivity contribution in [3.05, 3.63) is 131 Å². The van der Waals surface area contributed by atoms with Crippen LogP contribution in [-0.2, 0) is 41.8 Å². The van der Waals surface area contributed by atoms with E-state index in [1.165, 1.54) is 9.80 Å². The molecule has 2 fully saturated rings. The zero-order chi connectivity index (χ0) is 39.3. The molecule has 2 aliphatic rings. The summed E-state index contributed by atoms with van der Waals surface area (Å²) in [6.07, 6.45) is 3.01. The van der Waals surface area contributed by atoms with Gasteiger partial charge in [-0.15, -0.1) is 0 Å². The summed E-state index contributed by atoms with van der Waals surface area (Å²) in [5.74, 6) is -0.617. The zero-order valence-electron chi connectivity index (χ0n) is 31.7. The van der Waals surface area contributed by atoms with Crippen LogP contribution >= 0.6 is 0 Å². The Bertz CT molecular complexity index is 1800. The fraction of sp³-hybridized carbons (Fsp3) is 0.318. The molecule has 6 rings (SSSR count). The molecule has 0 aliphatic carbocycles. The van der Waals surface area contributed by atoms with Crippen molar-refractivity contribution in [1.29, 1.82) is 0 Å². The first-order valence-corrected chi connectivity index (χ1v) is 19.0. The van der Waals surface area contributed by atoms with Crippen LogP contribution in [0.1, 0.15) is 48.9 Å². The van der Waals surface area contributed by atoms with Gasteiger partial charge in [0.05, 0.1) is 25.3 Å². The van der Waals surface area contributed by atoms with E-state index in [9.17, 15) is 19.2 Å². The average molecular weight is 761 g/mol. The van der Waals surface area contributed by atoms with Crippen molar-refractivity contribution < 1.29 is 38.1 Å². The number of rotatable bonds is 14. The molecule has 2 heterocycles. The molecular formula is C44H48N4O8. The van der Waals surface area contributed by atoms with Gasteiger partial charge in [-0.3, -0.25) is 19.4 Å². The van der Waals surface area contributed by atoms with Crippen LogP contribution in [0.25, 0.3) is 12.2 Å². The molecule has 292 valence electrons. The molecule has 12 heteroatoms. The van der Waals surface area contributed by atoms with Crippen molar-refractivity contribution in [2.24, 2.45) is 0 Å². The molecule has 12 nitrogen and oxygen atoms in total. The van der Waals surface area contributed by atoms with Gasteiger partial charge < -0.3 is 29.6 Å². The second-order valence-corrected chi connectivity index (χ2v) is 13.6. The Labute approximate surface area is 327 Å². The SMILES string of the molecule is CCO[C@@H]1C[C@@H](C(=O)Nc2ccc(/C=C/c3ccc(NC(=O)[C@@H]4C[C@H](OCC)CN4C(=O)OCc4ccccc4)cc3)cc2)N(C(=O)OCc2ccccc2)C1. The van der Waals surface area contributed by atoms with Gasteiger partial charge in [0.2, 0.25) is 11.8 Å². The van der Waals surface area contributed by atoms with Crippen molar-refractivity contribution in [1.82, 2.24) is 9.80 Å². The lowest BCUT2D eigenvalue weighted by molar-refractivity contribution is -0.120. The number of anilines is 2. The second-order valence-electron chi connectivity index (χ2n) is 13.6. The van der Waals surface area contributed by atoms with Crippen LogP contribution in [0, 0.1) is 0 Å². The summed E-state index contributed by atoms with van der Waals surface area (Å²) in [4.78, 5) is 55.7. The van der Waals surface area contributed by atoms with Crippen LogP contribution in [0.4, 0.5) is 21.0 Å². The molecule has 4 atom stereocenters. The minimum Gasteiger partial charge on any atom is -0.445 e. The Balaban J connectivity index is 1.01. The van der Waals surface area contributed by atoms with Crippen LogP contribution < -0.4 is 10.6 Å². The van der Waals surface area contributed by atoms with Crippen LogP contribution in [0.15, 0.2) is 109 Å². The van der Waals surface area contributed by atoms with Gasteiger partial charge in [0, 0.05) is 37.4 Å². The van der Waals surface area contributed by atoms with Crippen molar-refractivity contribution in [2.75, 3.05) is 36.9 Å². The van der Waals surface area contributed by atoms with E-state index in [4.69, 9.17) is 18.9 Å². The molecule has 0 saturated carbocycles. The number of ether oxygens (including phenoxy) is 4. The summed E-state index contributed by atoms with van der Waals surface area (Å²) in [5, 5.41) is 5.88. The van der Waals surface area contributed by atoms with Gasteiger partial charge in [0.25, 0.3) is 0 Å². The number of benzene rings is 4. The van der Waals surface area contributed by atoms with Gasteiger partial charge in [0.1, 0.15) is 25.3 Å². The molecule has 4 aromatic carbocycles. The summed E-state index contributed by atoms with van der Waals surface area (Å²) in [6.45, 7) is 5.51. The quantitative estimate of drug-likeness (QED) is 0.127. The van der Waals surface area contributed by atoms with E-state index in [0.29, 0.717) is 37.4 Å². The normalized spacial score (nSPS) is 19.2. The largest absolute Gasteiger partial charge is 0.445 e. The maximum absolute atomic E-state index is 13.4. The van der Waals surface area contributed by atoms with E-state index >= 15 is 0 Å². The van der Waals surface area contributed by atoms with Crippen molar-refractivity contribution in [2.45, 2.75) is 64.2 Å². The lowest BCUT2D eigenvalue weighted by atomic mass is 10.1. The third-order valence-electron chi connectivity index (χ3n) is 9.64. The molecule has 0 spiro atoms. The summed E-state index contributed by atoms with van der Waals surface area (Å²) in [5.41, 5.74) is 4.75. The van der Waals surface area contributed by atoms with Crippen molar-refractivity contribution >= 4 is 47.5 Å². The monoisotopic (exact) mass is 760 g/mol. The predicted octanol–water partition coefficient (Wildman–Crippen LogP) is 7.37. The van der Waals surface area contributed by atoms with E-state index in [1.807, 2.05) is 135 Å². The minimum absolute atomic E-state index is 0.115. The third kappa shape index (κ3) is 10.8.